The fourth-order valence-corrected chi connectivity index (χ4v) is 2.44. The lowest BCUT2D eigenvalue weighted by Gasteiger charge is -2.14. The van der Waals surface area contributed by atoms with Crippen molar-refractivity contribution < 1.29 is 9.53 Å². The number of rotatable bonds is 7. The number of ether oxygens (including phenoxy) is 1. The van der Waals surface area contributed by atoms with E-state index in [-0.39, 0.29) is 0 Å². The Balaban J connectivity index is 1.90. The minimum Gasteiger partial charge on any atom is -0.497 e. The third kappa shape index (κ3) is 4.60. The van der Waals surface area contributed by atoms with E-state index in [4.69, 9.17) is 22.1 Å². The Labute approximate surface area is 140 Å². The molecule has 1 heterocycles. The normalized spacial score (nSPS) is 11.8. The SMILES string of the molecule is COc1ccc(C(C)CCNc2ncc(C(N)=O)cc2Cl)cc1. The average molecular weight is 334 g/mol. The highest BCUT2D eigenvalue weighted by atomic mass is 35.5. The van der Waals surface area contributed by atoms with Crippen LogP contribution in [-0.2, 0) is 0 Å². The van der Waals surface area contributed by atoms with Crippen LogP contribution in [0.2, 0.25) is 5.02 Å². The first kappa shape index (κ1) is 17.1. The molecule has 1 aromatic carbocycles. The molecule has 0 aliphatic rings. The van der Waals surface area contributed by atoms with Crippen LogP contribution in [0.25, 0.3) is 0 Å². The summed E-state index contributed by atoms with van der Waals surface area (Å²) in [6.45, 7) is 2.88. The lowest BCUT2D eigenvalue weighted by molar-refractivity contribution is 0.1000. The molecule has 1 unspecified atom stereocenters. The summed E-state index contributed by atoms with van der Waals surface area (Å²) >= 11 is 6.09. The number of benzene rings is 1. The lowest BCUT2D eigenvalue weighted by Crippen LogP contribution is -2.12. The van der Waals surface area contributed by atoms with Crippen LogP contribution in [0.1, 0.15) is 35.2 Å². The van der Waals surface area contributed by atoms with Crippen molar-refractivity contribution in [2.24, 2.45) is 5.73 Å². The van der Waals surface area contributed by atoms with Crippen LogP contribution < -0.4 is 15.8 Å². The predicted octanol–water partition coefficient (Wildman–Crippen LogP) is 3.45. The van der Waals surface area contributed by atoms with Crippen LogP contribution >= 0.6 is 11.6 Å². The van der Waals surface area contributed by atoms with E-state index >= 15 is 0 Å². The molecule has 1 amide bonds. The van der Waals surface area contributed by atoms with Gasteiger partial charge >= 0.3 is 0 Å². The Hall–Kier alpha value is -2.27. The Kier molecular flexibility index (Phi) is 5.82. The number of amides is 1. The third-order valence-electron chi connectivity index (χ3n) is 3.68. The molecule has 0 saturated carbocycles. The van der Waals surface area contributed by atoms with Crippen LogP contribution in [0.5, 0.6) is 5.75 Å². The molecule has 3 N–H and O–H groups in total. The number of hydrogen-bond donors (Lipinski definition) is 2. The van der Waals surface area contributed by atoms with Crippen molar-refractivity contribution in [1.82, 2.24) is 4.98 Å². The molecule has 0 aliphatic heterocycles. The fraction of sp³-hybridized carbons (Fsp3) is 0.294. The van der Waals surface area contributed by atoms with E-state index in [9.17, 15) is 4.79 Å². The lowest BCUT2D eigenvalue weighted by atomic mass is 9.98. The maximum atomic E-state index is 11.1. The highest BCUT2D eigenvalue weighted by molar-refractivity contribution is 6.33. The van der Waals surface area contributed by atoms with Gasteiger partial charge < -0.3 is 15.8 Å². The smallest absolute Gasteiger partial charge is 0.250 e. The molecular weight excluding hydrogens is 314 g/mol. The number of aromatic nitrogens is 1. The van der Waals surface area contributed by atoms with E-state index in [0.717, 1.165) is 18.7 Å². The molecule has 0 fully saturated rings. The summed E-state index contributed by atoms with van der Waals surface area (Å²) in [7, 11) is 1.66. The number of nitrogens with one attached hydrogen (secondary N) is 1. The van der Waals surface area contributed by atoms with Gasteiger partial charge in [0.15, 0.2) is 0 Å². The van der Waals surface area contributed by atoms with Crippen LogP contribution in [0.15, 0.2) is 36.5 Å². The van der Waals surface area contributed by atoms with Gasteiger partial charge in [0, 0.05) is 12.7 Å². The van der Waals surface area contributed by atoms with Crippen molar-refractivity contribution in [2.75, 3.05) is 19.0 Å². The molecule has 1 aromatic heterocycles. The van der Waals surface area contributed by atoms with Gasteiger partial charge in [-0.2, -0.15) is 0 Å². The van der Waals surface area contributed by atoms with Crippen molar-refractivity contribution in [1.29, 1.82) is 0 Å². The molecule has 0 spiro atoms. The highest BCUT2D eigenvalue weighted by Crippen LogP contribution is 2.23. The predicted molar refractivity (Wildman–Crippen MR) is 92.3 cm³/mol. The first-order valence-corrected chi connectivity index (χ1v) is 7.72. The van der Waals surface area contributed by atoms with Gasteiger partial charge in [-0.05, 0) is 36.1 Å². The monoisotopic (exact) mass is 333 g/mol. The Morgan fingerprint density at radius 1 is 1.39 bits per heavy atom. The number of hydrogen-bond acceptors (Lipinski definition) is 4. The summed E-state index contributed by atoms with van der Waals surface area (Å²) in [4.78, 5) is 15.2. The third-order valence-corrected chi connectivity index (χ3v) is 3.97. The minimum atomic E-state index is -0.543. The molecule has 5 nitrogen and oxygen atoms in total. The summed E-state index contributed by atoms with van der Waals surface area (Å²) in [5, 5.41) is 3.57. The van der Waals surface area contributed by atoms with E-state index in [0.29, 0.717) is 22.3 Å². The Morgan fingerprint density at radius 3 is 2.65 bits per heavy atom. The van der Waals surface area contributed by atoms with Crippen molar-refractivity contribution >= 4 is 23.3 Å². The number of carbonyl (C=O) groups excluding carboxylic acids is 1. The molecule has 23 heavy (non-hydrogen) atoms. The zero-order chi connectivity index (χ0) is 16.8. The number of pyridine rings is 1. The second kappa shape index (κ2) is 7.83. The number of nitrogens with two attached hydrogens (primary N) is 1. The number of nitrogens with zero attached hydrogens (tertiary/aromatic N) is 1. The second-order valence-electron chi connectivity index (χ2n) is 5.31. The van der Waals surface area contributed by atoms with Gasteiger partial charge in [0.25, 0.3) is 0 Å². The zero-order valence-electron chi connectivity index (χ0n) is 13.2. The molecule has 1 atom stereocenters. The molecule has 0 aliphatic carbocycles. The van der Waals surface area contributed by atoms with Crippen molar-refractivity contribution in [2.45, 2.75) is 19.3 Å². The molecule has 6 heteroatoms. The molecular formula is C17H20ClN3O2. The van der Waals surface area contributed by atoms with Crippen LogP contribution in [-0.4, -0.2) is 24.5 Å². The van der Waals surface area contributed by atoms with Gasteiger partial charge in [0.2, 0.25) is 5.91 Å². The molecule has 2 aromatic rings. The van der Waals surface area contributed by atoms with Gasteiger partial charge in [-0.25, -0.2) is 4.98 Å². The highest BCUT2D eigenvalue weighted by Gasteiger charge is 2.09. The summed E-state index contributed by atoms with van der Waals surface area (Å²) in [6, 6.07) is 9.57. The maximum Gasteiger partial charge on any atom is 0.250 e. The van der Waals surface area contributed by atoms with Crippen LogP contribution in [0.4, 0.5) is 5.82 Å². The van der Waals surface area contributed by atoms with Gasteiger partial charge in [-0.15, -0.1) is 0 Å². The molecule has 0 bridgehead atoms. The standard InChI is InChI=1S/C17H20ClN3O2/c1-11(12-3-5-14(23-2)6-4-12)7-8-20-17-15(18)9-13(10-21-17)16(19)22/h3-6,9-11H,7-8H2,1-2H3,(H2,19,22)(H,20,21). The molecule has 0 saturated heterocycles. The average Bonchev–Trinajstić information content (AvgIpc) is 2.56. The minimum absolute atomic E-state index is 0.298. The maximum absolute atomic E-state index is 11.1. The van der Waals surface area contributed by atoms with Crippen LogP contribution in [0, 0.1) is 0 Å². The van der Waals surface area contributed by atoms with Crippen molar-refractivity contribution in [3.63, 3.8) is 0 Å². The van der Waals surface area contributed by atoms with Crippen molar-refractivity contribution in [3.8, 4) is 5.75 Å². The Morgan fingerprint density at radius 2 is 2.09 bits per heavy atom. The van der Waals surface area contributed by atoms with Gasteiger partial charge in [-0.1, -0.05) is 30.7 Å². The number of anilines is 1. The fourth-order valence-electron chi connectivity index (χ4n) is 2.21. The molecule has 0 radical (unpaired) electrons. The topological polar surface area (TPSA) is 77.2 Å². The first-order valence-electron chi connectivity index (χ1n) is 7.34. The van der Waals surface area contributed by atoms with E-state index in [2.05, 4.69) is 29.4 Å². The van der Waals surface area contributed by atoms with E-state index < -0.39 is 5.91 Å². The van der Waals surface area contributed by atoms with E-state index in [1.165, 1.54) is 17.8 Å². The van der Waals surface area contributed by atoms with Gasteiger partial charge in [-0.3, -0.25) is 4.79 Å². The second-order valence-corrected chi connectivity index (χ2v) is 5.72. The zero-order valence-corrected chi connectivity index (χ0v) is 13.9. The summed E-state index contributed by atoms with van der Waals surface area (Å²) in [6.07, 6.45) is 2.34. The number of primary amides is 1. The number of carbonyl (C=O) groups is 1. The van der Waals surface area contributed by atoms with E-state index in [1.807, 2.05) is 12.1 Å². The number of halogens is 1. The van der Waals surface area contributed by atoms with Crippen LogP contribution in [0.3, 0.4) is 0 Å². The van der Waals surface area contributed by atoms with Crippen molar-refractivity contribution in [3.05, 3.63) is 52.7 Å². The summed E-state index contributed by atoms with van der Waals surface area (Å²) < 4.78 is 5.16. The summed E-state index contributed by atoms with van der Waals surface area (Å²) in [5.74, 6) is 1.25. The molecule has 2 rings (SSSR count). The van der Waals surface area contributed by atoms with E-state index in [1.54, 1.807) is 7.11 Å². The number of methoxy groups -OCH3 is 1. The van der Waals surface area contributed by atoms with Gasteiger partial charge in [0.1, 0.15) is 11.6 Å². The van der Waals surface area contributed by atoms with Gasteiger partial charge in [0.05, 0.1) is 17.7 Å². The largest absolute Gasteiger partial charge is 0.497 e. The quantitative estimate of drug-likeness (QED) is 0.813. The Bertz CT molecular complexity index is 674. The first-order chi connectivity index (χ1) is 11.0. The molecule has 122 valence electrons. The summed E-state index contributed by atoms with van der Waals surface area (Å²) in [5.41, 5.74) is 6.74.